The molecule has 0 aromatic heterocycles. The highest BCUT2D eigenvalue weighted by atomic mass is 19.4. The molecule has 1 aromatic carbocycles. The van der Waals surface area contributed by atoms with E-state index in [1.165, 1.54) is 6.07 Å². The maximum atomic E-state index is 12.0. The van der Waals surface area contributed by atoms with E-state index < -0.39 is 18.8 Å². The summed E-state index contributed by atoms with van der Waals surface area (Å²) in [6.45, 7) is -0.550. The lowest BCUT2D eigenvalue weighted by Gasteiger charge is -2.10. The lowest BCUT2D eigenvalue weighted by molar-refractivity contribution is -0.858. The van der Waals surface area contributed by atoms with E-state index in [2.05, 4.69) is 4.74 Å². The van der Waals surface area contributed by atoms with Crippen LogP contribution < -0.4 is 4.90 Å². The average molecular weight is 306 g/mol. The molecule has 0 atom stereocenters. The van der Waals surface area contributed by atoms with Crippen LogP contribution >= 0.6 is 0 Å². The van der Waals surface area contributed by atoms with Gasteiger partial charge in [-0.2, -0.15) is 13.2 Å². The quantitative estimate of drug-likeness (QED) is 0.766. The SMILES string of the molecule is C[NH+](C)CCOC(=O)c1cccc(COCC(F)(F)F)c1. The first-order valence-electron chi connectivity index (χ1n) is 6.47. The highest BCUT2D eigenvalue weighted by molar-refractivity contribution is 5.89. The van der Waals surface area contributed by atoms with Gasteiger partial charge in [0.1, 0.15) is 19.8 Å². The van der Waals surface area contributed by atoms with E-state index >= 15 is 0 Å². The van der Waals surface area contributed by atoms with Crippen molar-refractivity contribution in [3.05, 3.63) is 35.4 Å². The zero-order valence-corrected chi connectivity index (χ0v) is 12.0. The molecule has 1 N–H and O–H groups in total. The second-order valence-electron chi connectivity index (χ2n) is 4.90. The molecule has 0 radical (unpaired) electrons. The number of ether oxygens (including phenoxy) is 2. The third kappa shape index (κ3) is 7.67. The molecular formula is C14H19F3NO3+. The van der Waals surface area contributed by atoms with Crippen molar-refractivity contribution >= 4 is 5.97 Å². The fourth-order valence-corrected chi connectivity index (χ4v) is 1.50. The first kappa shape index (κ1) is 17.5. The molecule has 0 unspecified atom stereocenters. The molecular weight excluding hydrogens is 287 g/mol. The molecule has 0 amide bonds. The van der Waals surface area contributed by atoms with Crippen molar-refractivity contribution in [3.8, 4) is 0 Å². The molecule has 0 bridgehead atoms. The summed E-state index contributed by atoms with van der Waals surface area (Å²) in [5.41, 5.74) is 0.795. The van der Waals surface area contributed by atoms with Gasteiger partial charge in [0.25, 0.3) is 0 Å². The molecule has 0 fully saturated rings. The first-order valence-corrected chi connectivity index (χ1v) is 6.47. The summed E-state index contributed by atoms with van der Waals surface area (Å²) >= 11 is 0. The van der Waals surface area contributed by atoms with Crippen LogP contribution in [0.25, 0.3) is 0 Å². The maximum absolute atomic E-state index is 12.0. The molecule has 0 aliphatic carbocycles. The number of likely N-dealkylation sites (N-methyl/N-ethyl adjacent to an activating group) is 1. The van der Waals surface area contributed by atoms with Crippen molar-refractivity contribution in [3.63, 3.8) is 0 Å². The lowest BCUT2D eigenvalue weighted by Crippen LogP contribution is -3.06. The number of carbonyl (C=O) groups is 1. The van der Waals surface area contributed by atoms with Gasteiger partial charge < -0.3 is 14.4 Å². The van der Waals surface area contributed by atoms with Gasteiger partial charge >= 0.3 is 12.1 Å². The van der Waals surface area contributed by atoms with Crippen molar-refractivity contribution in [2.45, 2.75) is 12.8 Å². The van der Waals surface area contributed by atoms with Crippen LogP contribution in [0.1, 0.15) is 15.9 Å². The molecule has 21 heavy (non-hydrogen) atoms. The van der Waals surface area contributed by atoms with Gasteiger partial charge in [-0.05, 0) is 17.7 Å². The van der Waals surface area contributed by atoms with E-state index in [9.17, 15) is 18.0 Å². The topological polar surface area (TPSA) is 40.0 Å². The fraction of sp³-hybridized carbons (Fsp3) is 0.500. The third-order valence-corrected chi connectivity index (χ3v) is 2.53. The van der Waals surface area contributed by atoms with Crippen LogP contribution in [0, 0.1) is 0 Å². The van der Waals surface area contributed by atoms with Crippen molar-refractivity contribution in [2.24, 2.45) is 0 Å². The van der Waals surface area contributed by atoms with Crippen molar-refractivity contribution in [1.82, 2.24) is 0 Å². The molecule has 4 nitrogen and oxygen atoms in total. The predicted octanol–water partition coefficient (Wildman–Crippen LogP) is 1.07. The Labute approximate surface area is 121 Å². The van der Waals surface area contributed by atoms with Crippen LogP contribution in [0.15, 0.2) is 24.3 Å². The maximum Gasteiger partial charge on any atom is 0.411 e. The van der Waals surface area contributed by atoms with E-state index in [1.807, 2.05) is 14.1 Å². The summed E-state index contributed by atoms with van der Waals surface area (Å²) in [5.74, 6) is -0.492. The van der Waals surface area contributed by atoms with Gasteiger partial charge in [-0.1, -0.05) is 12.1 Å². The number of hydrogen-bond donors (Lipinski definition) is 1. The number of alkyl halides is 3. The fourth-order valence-electron chi connectivity index (χ4n) is 1.50. The van der Waals surface area contributed by atoms with E-state index in [1.54, 1.807) is 18.2 Å². The Kier molecular flexibility index (Phi) is 6.64. The molecule has 1 rings (SSSR count). The van der Waals surface area contributed by atoms with Gasteiger partial charge in [0.15, 0.2) is 0 Å². The van der Waals surface area contributed by atoms with Crippen molar-refractivity contribution in [2.75, 3.05) is 33.9 Å². The molecule has 0 heterocycles. The van der Waals surface area contributed by atoms with E-state index in [4.69, 9.17) is 4.74 Å². The second kappa shape index (κ2) is 7.99. The normalized spacial score (nSPS) is 11.7. The predicted molar refractivity (Wildman–Crippen MR) is 70.1 cm³/mol. The van der Waals surface area contributed by atoms with Crippen LogP contribution in [-0.2, 0) is 16.1 Å². The highest BCUT2D eigenvalue weighted by Gasteiger charge is 2.27. The summed E-state index contributed by atoms with van der Waals surface area (Å²) < 4.78 is 45.5. The lowest BCUT2D eigenvalue weighted by atomic mass is 10.1. The van der Waals surface area contributed by atoms with E-state index in [0.717, 1.165) is 4.90 Å². The van der Waals surface area contributed by atoms with Gasteiger partial charge in [-0.25, -0.2) is 4.79 Å². The molecule has 1 aromatic rings. The van der Waals surface area contributed by atoms with Crippen LogP contribution in [0.5, 0.6) is 0 Å². The average Bonchev–Trinajstić information content (AvgIpc) is 2.37. The number of rotatable bonds is 7. The Hall–Kier alpha value is -1.60. The van der Waals surface area contributed by atoms with E-state index in [-0.39, 0.29) is 13.2 Å². The Bertz CT molecular complexity index is 461. The Morgan fingerprint density at radius 1 is 1.29 bits per heavy atom. The molecule has 0 aliphatic heterocycles. The van der Waals surface area contributed by atoms with Gasteiger partial charge in [0, 0.05) is 0 Å². The summed E-state index contributed by atoms with van der Waals surface area (Å²) in [5, 5.41) is 0. The molecule has 0 saturated carbocycles. The van der Waals surface area contributed by atoms with Gasteiger partial charge in [0.05, 0.1) is 26.3 Å². The van der Waals surface area contributed by atoms with Gasteiger partial charge in [-0.15, -0.1) is 0 Å². The monoisotopic (exact) mass is 306 g/mol. The summed E-state index contributed by atoms with van der Waals surface area (Å²) in [7, 11) is 3.87. The third-order valence-electron chi connectivity index (χ3n) is 2.53. The number of nitrogens with one attached hydrogen (secondary N) is 1. The van der Waals surface area contributed by atoms with Crippen molar-refractivity contribution < 1.29 is 32.3 Å². The Balaban J connectivity index is 2.49. The summed E-state index contributed by atoms with van der Waals surface area (Å²) in [6.07, 6.45) is -4.36. The molecule has 0 aliphatic rings. The minimum absolute atomic E-state index is 0.206. The van der Waals surface area contributed by atoms with Gasteiger partial charge in [-0.3, -0.25) is 0 Å². The van der Waals surface area contributed by atoms with Crippen LogP contribution in [0.3, 0.4) is 0 Å². The smallest absolute Gasteiger partial charge is 0.411 e. The van der Waals surface area contributed by atoms with Crippen LogP contribution in [0.4, 0.5) is 13.2 Å². The van der Waals surface area contributed by atoms with E-state index in [0.29, 0.717) is 17.7 Å². The zero-order chi connectivity index (χ0) is 15.9. The Morgan fingerprint density at radius 2 is 2.00 bits per heavy atom. The van der Waals surface area contributed by atoms with Crippen molar-refractivity contribution in [1.29, 1.82) is 0 Å². The van der Waals surface area contributed by atoms with Crippen LogP contribution in [0.2, 0.25) is 0 Å². The second-order valence-corrected chi connectivity index (χ2v) is 4.90. The minimum Gasteiger partial charge on any atom is -0.456 e. The molecule has 7 heteroatoms. The standard InChI is InChI=1S/C14H18F3NO3/c1-18(2)6-7-21-13(19)12-5-3-4-11(8-12)9-20-10-14(15,16)17/h3-5,8H,6-7,9-10H2,1-2H3/p+1. The Morgan fingerprint density at radius 3 is 2.62 bits per heavy atom. The minimum atomic E-state index is -4.36. The number of carbonyl (C=O) groups excluding carboxylic acids is 1. The summed E-state index contributed by atoms with van der Waals surface area (Å²) in [4.78, 5) is 12.9. The largest absolute Gasteiger partial charge is 0.456 e. The number of benzene rings is 1. The zero-order valence-electron chi connectivity index (χ0n) is 12.0. The first-order chi connectivity index (χ1) is 9.78. The number of hydrogen-bond acceptors (Lipinski definition) is 3. The van der Waals surface area contributed by atoms with Gasteiger partial charge in [0.2, 0.25) is 0 Å². The highest BCUT2D eigenvalue weighted by Crippen LogP contribution is 2.16. The molecule has 0 spiro atoms. The number of halogens is 3. The summed E-state index contributed by atoms with van der Waals surface area (Å²) in [6, 6.07) is 6.20. The number of quaternary nitrogens is 1. The van der Waals surface area contributed by atoms with Crippen LogP contribution in [-0.4, -0.2) is 46.0 Å². The number of esters is 1. The molecule has 118 valence electrons. The molecule has 0 saturated heterocycles.